The third-order valence-corrected chi connectivity index (χ3v) is 3.73. The van der Waals surface area contributed by atoms with Gasteiger partial charge in [-0.15, -0.1) is 0 Å². The Morgan fingerprint density at radius 3 is 2.48 bits per heavy atom. The molecule has 2 rings (SSSR count). The summed E-state index contributed by atoms with van der Waals surface area (Å²) in [6.45, 7) is 0.613. The average molecular weight is 319 g/mol. The van der Waals surface area contributed by atoms with E-state index in [0.29, 0.717) is 18.5 Å². The van der Waals surface area contributed by atoms with Crippen LogP contribution in [-0.2, 0) is 25.6 Å². The van der Waals surface area contributed by atoms with E-state index in [1.165, 1.54) is 29.2 Å². The van der Waals surface area contributed by atoms with Gasteiger partial charge in [-0.2, -0.15) is 8.42 Å². The highest BCUT2D eigenvalue weighted by atomic mass is 32.2. The molecule has 1 heterocycles. The summed E-state index contributed by atoms with van der Waals surface area (Å²) >= 11 is 0. The molecule has 0 aliphatic carbocycles. The lowest BCUT2D eigenvalue weighted by Gasteiger charge is -2.16. The number of carbonyl (C=O) groups excluding carboxylic acids is 1. The van der Waals surface area contributed by atoms with E-state index in [4.69, 9.17) is 4.18 Å². The summed E-state index contributed by atoms with van der Waals surface area (Å²) in [6.07, 6.45) is -2.33. The quantitative estimate of drug-likeness (QED) is 0.775. The fourth-order valence-electron chi connectivity index (χ4n) is 2.16. The molecule has 0 aromatic heterocycles. The lowest BCUT2D eigenvalue weighted by atomic mass is 10.1. The normalized spacial score (nSPS) is 19.5. The number of nitrogens with zero attached hydrogens (tertiary/aromatic N) is 1. The number of hydrogen-bond donors (Lipinski definition) is 0. The minimum Gasteiger partial charge on any atom is -0.336 e. The highest BCUT2D eigenvalue weighted by Gasteiger charge is 2.34. The van der Waals surface area contributed by atoms with E-state index in [-0.39, 0.29) is 12.1 Å². The average Bonchev–Trinajstić information content (AvgIpc) is 2.70. The van der Waals surface area contributed by atoms with Crippen molar-refractivity contribution in [3.8, 4) is 0 Å². The van der Waals surface area contributed by atoms with Crippen LogP contribution in [0.15, 0.2) is 24.3 Å². The van der Waals surface area contributed by atoms with Crippen LogP contribution in [0.2, 0.25) is 0 Å². The molecule has 1 aromatic carbocycles. The Bertz CT molecular complexity index is 616. The van der Waals surface area contributed by atoms with Gasteiger partial charge >= 0.3 is 0 Å². The van der Waals surface area contributed by atoms with Crippen LogP contribution in [0.1, 0.15) is 24.0 Å². The number of likely N-dealkylation sites (tertiary alicyclic amines) is 1. The van der Waals surface area contributed by atoms with Gasteiger partial charge in [0.15, 0.2) is 6.10 Å². The van der Waals surface area contributed by atoms with Gasteiger partial charge in [-0.05, 0) is 5.56 Å². The summed E-state index contributed by atoms with van der Waals surface area (Å²) in [4.78, 5) is 13.4. The minimum absolute atomic E-state index is 0.0789. The van der Waals surface area contributed by atoms with Crippen LogP contribution in [0.25, 0.3) is 0 Å². The zero-order valence-corrected chi connectivity index (χ0v) is 12.1. The molecule has 116 valence electrons. The number of rotatable bonds is 5. The molecule has 0 radical (unpaired) electrons. The highest BCUT2D eigenvalue weighted by molar-refractivity contribution is 7.86. The van der Waals surface area contributed by atoms with Gasteiger partial charge in [-0.1, -0.05) is 24.3 Å². The summed E-state index contributed by atoms with van der Waals surface area (Å²) in [5.74, 6) is -0.404. The van der Waals surface area contributed by atoms with Crippen LogP contribution in [0, 0.1) is 0 Å². The van der Waals surface area contributed by atoms with Crippen molar-refractivity contribution >= 4 is 16.0 Å². The maximum Gasteiger partial charge on any atom is 0.265 e. The van der Waals surface area contributed by atoms with Crippen molar-refractivity contribution in [2.24, 2.45) is 0 Å². The largest absolute Gasteiger partial charge is 0.336 e. The SMILES string of the molecule is CS(=O)(=O)OC1CCN(Cc2ccc(C(F)F)cc2)C1=O. The summed E-state index contributed by atoms with van der Waals surface area (Å²) < 4.78 is 51.7. The van der Waals surface area contributed by atoms with Crippen molar-refractivity contribution in [3.05, 3.63) is 35.4 Å². The first kappa shape index (κ1) is 15.8. The molecule has 8 heteroatoms. The van der Waals surface area contributed by atoms with E-state index in [1.54, 1.807) is 0 Å². The van der Waals surface area contributed by atoms with Crippen molar-refractivity contribution in [1.29, 1.82) is 0 Å². The molecule has 1 unspecified atom stereocenters. The smallest absolute Gasteiger partial charge is 0.265 e. The van der Waals surface area contributed by atoms with Crippen molar-refractivity contribution < 1.29 is 26.2 Å². The Balaban J connectivity index is 1.99. The molecule has 1 atom stereocenters. The Morgan fingerprint density at radius 1 is 1.33 bits per heavy atom. The molecule has 1 aliphatic rings. The zero-order chi connectivity index (χ0) is 15.6. The summed E-state index contributed by atoms with van der Waals surface area (Å²) in [7, 11) is -3.68. The van der Waals surface area contributed by atoms with Gasteiger partial charge in [0.25, 0.3) is 22.5 Å². The Hall–Kier alpha value is -1.54. The van der Waals surface area contributed by atoms with Crippen molar-refractivity contribution in [2.75, 3.05) is 12.8 Å². The monoisotopic (exact) mass is 319 g/mol. The highest BCUT2D eigenvalue weighted by Crippen LogP contribution is 2.22. The van der Waals surface area contributed by atoms with Gasteiger partial charge in [0.05, 0.1) is 6.26 Å². The van der Waals surface area contributed by atoms with Crippen molar-refractivity contribution in [3.63, 3.8) is 0 Å². The first-order valence-electron chi connectivity index (χ1n) is 6.30. The van der Waals surface area contributed by atoms with Crippen LogP contribution in [0.3, 0.4) is 0 Å². The van der Waals surface area contributed by atoms with Gasteiger partial charge in [-0.25, -0.2) is 8.78 Å². The Kier molecular flexibility index (Phi) is 4.58. The molecule has 0 N–H and O–H groups in total. The second-order valence-corrected chi connectivity index (χ2v) is 6.48. The fraction of sp³-hybridized carbons (Fsp3) is 0.462. The molecule has 0 spiro atoms. The molecule has 1 amide bonds. The summed E-state index contributed by atoms with van der Waals surface area (Å²) in [6, 6.07) is 5.68. The second-order valence-electron chi connectivity index (χ2n) is 4.88. The molecule has 0 bridgehead atoms. The van der Waals surface area contributed by atoms with Crippen LogP contribution >= 0.6 is 0 Å². The summed E-state index contributed by atoms with van der Waals surface area (Å²) in [5.41, 5.74) is 0.623. The van der Waals surface area contributed by atoms with Gasteiger partial charge in [0, 0.05) is 25.1 Å². The summed E-state index contributed by atoms with van der Waals surface area (Å²) in [5, 5.41) is 0. The van der Waals surface area contributed by atoms with Crippen molar-refractivity contribution in [1.82, 2.24) is 4.90 Å². The van der Waals surface area contributed by atoms with Gasteiger partial charge in [0.2, 0.25) is 0 Å². The fourth-order valence-corrected chi connectivity index (χ4v) is 2.76. The lowest BCUT2D eigenvalue weighted by Crippen LogP contribution is -2.31. The molecular formula is C13H15F2NO4S. The lowest BCUT2D eigenvalue weighted by molar-refractivity contribution is -0.133. The van der Waals surface area contributed by atoms with Crippen LogP contribution in [0.4, 0.5) is 8.78 Å². The van der Waals surface area contributed by atoms with E-state index in [9.17, 15) is 22.0 Å². The Labute approximate surface area is 121 Å². The van der Waals surface area contributed by atoms with E-state index in [0.717, 1.165) is 6.26 Å². The van der Waals surface area contributed by atoms with E-state index >= 15 is 0 Å². The Morgan fingerprint density at radius 2 is 1.95 bits per heavy atom. The third kappa shape index (κ3) is 4.21. The second kappa shape index (κ2) is 6.07. The van der Waals surface area contributed by atoms with Crippen molar-refractivity contribution in [2.45, 2.75) is 25.5 Å². The topological polar surface area (TPSA) is 63.7 Å². The van der Waals surface area contributed by atoms with Crippen LogP contribution < -0.4 is 0 Å². The number of hydrogen-bond acceptors (Lipinski definition) is 4. The molecule has 0 saturated carbocycles. The molecule has 21 heavy (non-hydrogen) atoms. The predicted octanol–water partition coefficient (Wildman–Crippen LogP) is 1.70. The molecular weight excluding hydrogens is 304 g/mol. The molecule has 1 aromatic rings. The third-order valence-electron chi connectivity index (χ3n) is 3.14. The molecule has 1 aliphatic heterocycles. The van der Waals surface area contributed by atoms with Gasteiger partial charge in [0.1, 0.15) is 0 Å². The first-order valence-corrected chi connectivity index (χ1v) is 8.12. The minimum atomic E-state index is -3.68. The maximum atomic E-state index is 12.4. The predicted molar refractivity (Wildman–Crippen MR) is 71.1 cm³/mol. The number of benzene rings is 1. The molecule has 1 fully saturated rings. The van der Waals surface area contributed by atoms with E-state index in [1.807, 2.05) is 0 Å². The molecule has 1 saturated heterocycles. The first-order chi connectivity index (χ1) is 9.76. The van der Waals surface area contributed by atoms with Crippen LogP contribution in [-0.4, -0.2) is 38.1 Å². The van der Waals surface area contributed by atoms with Crippen LogP contribution in [0.5, 0.6) is 0 Å². The number of halogens is 2. The number of alkyl halides is 2. The van der Waals surface area contributed by atoms with Gasteiger partial charge < -0.3 is 4.90 Å². The maximum absolute atomic E-state index is 12.4. The standard InChI is InChI=1S/C13H15F2NO4S/c1-21(18,19)20-11-6-7-16(13(11)17)8-9-2-4-10(5-3-9)12(14)15/h2-5,11-12H,6-8H2,1H3. The molecule has 5 nitrogen and oxygen atoms in total. The van der Waals surface area contributed by atoms with Gasteiger partial charge in [-0.3, -0.25) is 8.98 Å². The van der Waals surface area contributed by atoms with E-state index < -0.39 is 28.6 Å². The number of carbonyl (C=O) groups is 1. The van der Waals surface area contributed by atoms with E-state index in [2.05, 4.69) is 0 Å². The number of amides is 1. The zero-order valence-electron chi connectivity index (χ0n) is 11.3.